The molecule has 7 heteroatoms. The van der Waals surface area contributed by atoms with Crippen LogP contribution in [-0.4, -0.2) is 31.9 Å². The van der Waals surface area contributed by atoms with Gasteiger partial charge in [0.15, 0.2) is 5.96 Å². The molecule has 2 N–H and O–H groups in total. The Morgan fingerprint density at radius 3 is 2.64 bits per heavy atom. The largest absolute Gasteiger partial charge is 0.435 e. The van der Waals surface area contributed by atoms with Gasteiger partial charge in [0.1, 0.15) is 5.75 Å². The lowest BCUT2D eigenvalue weighted by Gasteiger charge is -2.12. The molecule has 2 aromatic carbocycles. The number of ether oxygens (including phenoxy) is 1. The Labute approximate surface area is 150 Å². The zero-order valence-electron chi connectivity index (χ0n) is 13.9. The van der Waals surface area contributed by atoms with Crippen molar-refractivity contribution >= 4 is 17.7 Å². The summed E-state index contributed by atoms with van der Waals surface area (Å²) in [6.07, 6.45) is 0. The van der Waals surface area contributed by atoms with Crippen LogP contribution < -0.4 is 15.4 Å². The number of hydrogen-bond donors (Lipinski definition) is 2. The molecule has 0 fully saturated rings. The van der Waals surface area contributed by atoms with Crippen LogP contribution >= 0.6 is 11.8 Å². The quantitative estimate of drug-likeness (QED) is 0.324. The van der Waals surface area contributed by atoms with Crippen molar-refractivity contribution in [2.75, 3.05) is 19.3 Å². The van der Waals surface area contributed by atoms with Crippen molar-refractivity contribution in [3.63, 3.8) is 0 Å². The molecular weight excluding hydrogens is 344 g/mol. The van der Waals surface area contributed by atoms with Crippen LogP contribution in [0.2, 0.25) is 0 Å². The molecule has 0 radical (unpaired) electrons. The third-order valence-corrected chi connectivity index (χ3v) is 4.23. The molecule has 0 saturated heterocycles. The number of thioether (sulfide) groups is 1. The molecule has 0 heterocycles. The van der Waals surface area contributed by atoms with Gasteiger partial charge in [0, 0.05) is 30.8 Å². The van der Waals surface area contributed by atoms with Gasteiger partial charge in [0.2, 0.25) is 0 Å². The van der Waals surface area contributed by atoms with E-state index in [2.05, 4.69) is 32.5 Å². The molecule has 0 saturated carbocycles. The zero-order chi connectivity index (χ0) is 17.9. The molecule has 0 unspecified atom stereocenters. The highest BCUT2D eigenvalue weighted by molar-refractivity contribution is 7.99. The minimum absolute atomic E-state index is 0.150. The van der Waals surface area contributed by atoms with Gasteiger partial charge in [-0.15, -0.1) is 11.8 Å². The van der Waals surface area contributed by atoms with E-state index in [-0.39, 0.29) is 5.75 Å². The number of nitrogens with zero attached hydrogens (tertiary/aromatic N) is 1. The Hall–Kier alpha value is -2.28. The minimum Gasteiger partial charge on any atom is -0.435 e. The standard InChI is InChI=1S/C18H21F2N3OS/c1-21-18(22-10-11-25-16-8-3-2-4-9-16)23-13-14-6-5-7-15(12-14)24-17(19)20/h2-9,12,17H,10-11,13H2,1H3,(H2,21,22,23). The molecule has 0 amide bonds. The highest BCUT2D eigenvalue weighted by atomic mass is 32.2. The molecular formula is C18H21F2N3OS. The summed E-state index contributed by atoms with van der Waals surface area (Å²) in [6, 6.07) is 16.8. The van der Waals surface area contributed by atoms with E-state index in [0.717, 1.165) is 17.9 Å². The third-order valence-electron chi connectivity index (χ3n) is 3.21. The summed E-state index contributed by atoms with van der Waals surface area (Å²) in [5, 5.41) is 6.38. The second-order valence-corrected chi connectivity index (χ2v) is 6.21. The van der Waals surface area contributed by atoms with Gasteiger partial charge in [-0.3, -0.25) is 4.99 Å². The first kappa shape index (κ1) is 19.1. The number of aliphatic imine (C=N–C) groups is 1. The molecule has 0 aliphatic rings. The van der Waals surface area contributed by atoms with Gasteiger partial charge in [0.25, 0.3) is 0 Å². The molecule has 4 nitrogen and oxygen atoms in total. The van der Waals surface area contributed by atoms with Gasteiger partial charge in [0.05, 0.1) is 0 Å². The third kappa shape index (κ3) is 7.43. The van der Waals surface area contributed by atoms with E-state index in [9.17, 15) is 8.78 Å². The molecule has 0 aromatic heterocycles. The maximum Gasteiger partial charge on any atom is 0.387 e. The Kier molecular flexibility index (Phi) is 8.04. The van der Waals surface area contributed by atoms with Crippen LogP contribution in [-0.2, 0) is 6.54 Å². The molecule has 2 rings (SSSR count). The van der Waals surface area contributed by atoms with Gasteiger partial charge in [-0.25, -0.2) is 0 Å². The predicted molar refractivity (Wildman–Crippen MR) is 98.4 cm³/mol. The lowest BCUT2D eigenvalue weighted by molar-refractivity contribution is -0.0498. The average molecular weight is 365 g/mol. The summed E-state index contributed by atoms with van der Waals surface area (Å²) >= 11 is 1.76. The van der Waals surface area contributed by atoms with E-state index >= 15 is 0 Å². The molecule has 0 bridgehead atoms. The average Bonchev–Trinajstić information content (AvgIpc) is 2.62. The summed E-state index contributed by atoms with van der Waals surface area (Å²) in [7, 11) is 1.69. The summed E-state index contributed by atoms with van der Waals surface area (Å²) < 4.78 is 28.9. The smallest absolute Gasteiger partial charge is 0.387 e. The van der Waals surface area contributed by atoms with Crippen LogP contribution in [0.15, 0.2) is 64.5 Å². The van der Waals surface area contributed by atoms with E-state index in [1.807, 2.05) is 24.3 Å². The van der Waals surface area contributed by atoms with Gasteiger partial charge in [-0.05, 0) is 29.8 Å². The first-order valence-corrected chi connectivity index (χ1v) is 8.82. The molecule has 0 aliphatic heterocycles. The minimum atomic E-state index is -2.82. The van der Waals surface area contributed by atoms with Crippen molar-refractivity contribution in [2.45, 2.75) is 18.1 Å². The molecule has 0 aliphatic carbocycles. The predicted octanol–water partition coefficient (Wildman–Crippen LogP) is 3.75. The van der Waals surface area contributed by atoms with Crippen molar-refractivity contribution in [3.8, 4) is 5.75 Å². The maximum absolute atomic E-state index is 12.2. The number of benzene rings is 2. The first-order valence-electron chi connectivity index (χ1n) is 7.83. The summed E-state index contributed by atoms with van der Waals surface area (Å²) in [5.74, 6) is 1.72. The van der Waals surface area contributed by atoms with E-state index in [0.29, 0.717) is 12.5 Å². The molecule has 0 spiro atoms. The van der Waals surface area contributed by atoms with Crippen LogP contribution in [0.4, 0.5) is 8.78 Å². The van der Waals surface area contributed by atoms with Gasteiger partial charge in [-0.2, -0.15) is 8.78 Å². The van der Waals surface area contributed by atoms with Crippen LogP contribution in [0.5, 0.6) is 5.75 Å². The van der Waals surface area contributed by atoms with E-state index in [1.54, 1.807) is 30.9 Å². The number of hydrogen-bond acceptors (Lipinski definition) is 3. The summed E-state index contributed by atoms with van der Waals surface area (Å²) in [5.41, 5.74) is 0.833. The van der Waals surface area contributed by atoms with Gasteiger partial charge in [-0.1, -0.05) is 30.3 Å². The normalized spacial score (nSPS) is 11.4. The van der Waals surface area contributed by atoms with E-state index in [4.69, 9.17) is 0 Å². The second-order valence-electron chi connectivity index (χ2n) is 5.04. The van der Waals surface area contributed by atoms with Crippen molar-refractivity contribution < 1.29 is 13.5 Å². The van der Waals surface area contributed by atoms with Crippen LogP contribution in [0.3, 0.4) is 0 Å². The Morgan fingerprint density at radius 1 is 1.12 bits per heavy atom. The SMILES string of the molecule is CN=C(NCCSc1ccccc1)NCc1cccc(OC(F)F)c1. The number of guanidine groups is 1. The fourth-order valence-corrected chi connectivity index (χ4v) is 2.88. The lowest BCUT2D eigenvalue weighted by atomic mass is 10.2. The van der Waals surface area contributed by atoms with E-state index < -0.39 is 6.61 Å². The topological polar surface area (TPSA) is 45.7 Å². The Balaban J connectivity index is 1.73. The monoisotopic (exact) mass is 365 g/mol. The second kappa shape index (κ2) is 10.6. The Morgan fingerprint density at radius 2 is 1.92 bits per heavy atom. The summed E-state index contributed by atoms with van der Waals surface area (Å²) in [6.45, 7) is -1.60. The molecule has 2 aromatic rings. The molecule has 134 valence electrons. The van der Waals surface area contributed by atoms with Gasteiger partial charge >= 0.3 is 6.61 Å². The van der Waals surface area contributed by atoms with Crippen LogP contribution in [0, 0.1) is 0 Å². The zero-order valence-corrected chi connectivity index (χ0v) is 14.7. The number of rotatable bonds is 8. The van der Waals surface area contributed by atoms with Crippen molar-refractivity contribution in [2.24, 2.45) is 4.99 Å². The summed E-state index contributed by atoms with van der Waals surface area (Å²) in [4.78, 5) is 5.38. The van der Waals surface area contributed by atoms with Crippen LogP contribution in [0.1, 0.15) is 5.56 Å². The molecule has 25 heavy (non-hydrogen) atoms. The van der Waals surface area contributed by atoms with Crippen LogP contribution in [0.25, 0.3) is 0 Å². The fraction of sp³-hybridized carbons (Fsp3) is 0.278. The number of halogens is 2. The lowest BCUT2D eigenvalue weighted by Crippen LogP contribution is -2.37. The number of nitrogens with one attached hydrogen (secondary N) is 2. The van der Waals surface area contributed by atoms with Gasteiger partial charge < -0.3 is 15.4 Å². The van der Waals surface area contributed by atoms with E-state index in [1.165, 1.54) is 11.0 Å². The highest BCUT2D eigenvalue weighted by Crippen LogP contribution is 2.16. The molecule has 0 atom stereocenters. The van der Waals surface area contributed by atoms with Crippen molar-refractivity contribution in [1.29, 1.82) is 0 Å². The van der Waals surface area contributed by atoms with Crippen molar-refractivity contribution in [1.82, 2.24) is 10.6 Å². The maximum atomic E-state index is 12.2. The fourth-order valence-electron chi connectivity index (χ4n) is 2.09. The highest BCUT2D eigenvalue weighted by Gasteiger charge is 2.05. The first-order chi connectivity index (χ1) is 12.2. The number of alkyl halides is 2. The van der Waals surface area contributed by atoms with Crippen molar-refractivity contribution in [3.05, 3.63) is 60.2 Å². The Bertz CT molecular complexity index is 668.